The highest BCUT2D eigenvalue weighted by molar-refractivity contribution is 7.88. The Balaban J connectivity index is 2.10. The van der Waals surface area contributed by atoms with Crippen LogP contribution in [0, 0.1) is 11.3 Å². The molecule has 1 aliphatic heterocycles. The van der Waals surface area contributed by atoms with Crippen LogP contribution in [0.2, 0.25) is 0 Å². The zero-order chi connectivity index (χ0) is 13.9. The van der Waals surface area contributed by atoms with Gasteiger partial charge in [0.05, 0.1) is 6.26 Å². The first kappa shape index (κ1) is 13.8. The Morgan fingerprint density at radius 3 is 3.00 bits per heavy atom. The van der Waals surface area contributed by atoms with Crippen molar-refractivity contribution in [2.24, 2.45) is 0 Å². The summed E-state index contributed by atoms with van der Waals surface area (Å²) in [5, 5.41) is 8.84. The van der Waals surface area contributed by atoms with Crippen LogP contribution in [0.4, 0.5) is 5.82 Å². The van der Waals surface area contributed by atoms with E-state index in [0.29, 0.717) is 12.2 Å². The smallest absolute Gasteiger partial charge is 0.209 e. The number of rotatable bonds is 3. The number of pyridine rings is 1. The van der Waals surface area contributed by atoms with Crippen LogP contribution in [0.1, 0.15) is 18.5 Å². The third kappa shape index (κ3) is 3.91. The van der Waals surface area contributed by atoms with Gasteiger partial charge >= 0.3 is 0 Å². The number of nitrogens with one attached hydrogen (secondary N) is 1. The summed E-state index contributed by atoms with van der Waals surface area (Å²) in [5.74, 6) is 0.721. The van der Waals surface area contributed by atoms with Crippen molar-refractivity contribution < 1.29 is 8.42 Å². The third-order valence-electron chi connectivity index (χ3n) is 2.98. The molecule has 0 aromatic carbocycles. The van der Waals surface area contributed by atoms with E-state index in [1.165, 1.54) is 6.26 Å². The van der Waals surface area contributed by atoms with Crippen LogP contribution < -0.4 is 9.62 Å². The van der Waals surface area contributed by atoms with Crippen LogP contribution in [0.5, 0.6) is 0 Å². The van der Waals surface area contributed by atoms with E-state index in [1.54, 1.807) is 12.1 Å². The van der Waals surface area contributed by atoms with Gasteiger partial charge < -0.3 is 4.90 Å². The predicted octanol–water partition coefficient (Wildman–Crippen LogP) is 0.471. The van der Waals surface area contributed by atoms with Crippen LogP contribution in [-0.2, 0) is 10.0 Å². The minimum Gasteiger partial charge on any atom is -0.355 e. The molecule has 1 atom stereocenters. The normalized spacial score (nSPS) is 20.0. The summed E-state index contributed by atoms with van der Waals surface area (Å²) in [6.45, 7) is 1.40. The van der Waals surface area contributed by atoms with E-state index < -0.39 is 10.0 Å². The fourth-order valence-electron chi connectivity index (χ4n) is 2.25. The number of piperidine rings is 1. The molecule has 1 aromatic rings. The Hall–Kier alpha value is -1.65. The lowest BCUT2D eigenvalue weighted by molar-refractivity contribution is 0.465. The molecule has 6 nitrogen and oxygen atoms in total. The lowest BCUT2D eigenvalue weighted by atomic mass is 10.1. The number of hydrogen-bond donors (Lipinski definition) is 1. The van der Waals surface area contributed by atoms with Crippen molar-refractivity contribution in [2.45, 2.75) is 18.9 Å². The maximum atomic E-state index is 11.3. The zero-order valence-corrected chi connectivity index (χ0v) is 11.5. The predicted molar refractivity (Wildman–Crippen MR) is 72.2 cm³/mol. The Bertz CT molecular complexity index is 594. The van der Waals surface area contributed by atoms with Crippen molar-refractivity contribution >= 4 is 15.8 Å². The molecule has 7 heteroatoms. The summed E-state index contributed by atoms with van der Waals surface area (Å²) in [7, 11) is -3.19. The van der Waals surface area contributed by atoms with Crippen molar-refractivity contribution in [3.8, 4) is 6.07 Å². The number of anilines is 1. The van der Waals surface area contributed by atoms with Gasteiger partial charge in [-0.1, -0.05) is 6.07 Å². The highest BCUT2D eigenvalue weighted by Gasteiger charge is 2.23. The van der Waals surface area contributed by atoms with Crippen molar-refractivity contribution in [3.05, 3.63) is 23.9 Å². The van der Waals surface area contributed by atoms with Gasteiger partial charge in [-0.15, -0.1) is 0 Å². The van der Waals surface area contributed by atoms with Crippen LogP contribution in [-0.4, -0.2) is 38.8 Å². The summed E-state index contributed by atoms with van der Waals surface area (Å²) in [6, 6.07) is 7.18. The summed E-state index contributed by atoms with van der Waals surface area (Å²) < 4.78 is 25.1. The minimum atomic E-state index is -3.19. The van der Waals surface area contributed by atoms with Crippen LogP contribution in [0.25, 0.3) is 0 Å². The Labute approximate surface area is 113 Å². The molecule has 1 fully saturated rings. The average Bonchev–Trinajstić information content (AvgIpc) is 2.37. The maximum Gasteiger partial charge on any atom is 0.209 e. The number of nitrogens with zero attached hydrogens (tertiary/aromatic N) is 3. The topological polar surface area (TPSA) is 86.1 Å². The fourth-order valence-corrected chi connectivity index (χ4v) is 3.04. The summed E-state index contributed by atoms with van der Waals surface area (Å²) in [5.41, 5.74) is 0.371. The van der Waals surface area contributed by atoms with Crippen molar-refractivity contribution in [2.75, 3.05) is 24.2 Å². The van der Waals surface area contributed by atoms with Gasteiger partial charge in [0.1, 0.15) is 17.6 Å². The van der Waals surface area contributed by atoms with E-state index in [0.717, 1.165) is 25.2 Å². The quantitative estimate of drug-likeness (QED) is 0.870. The summed E-state index contributed by atoms with van der Waals surface area (Å²) >= 11 is 0. The molecule has 2 heterocycles. The van der Waals surface area contributed by atoms with Gasteiger partial charge in [0.25, 0.3) is 0 Å². The molecule has 1 aliphatic rings. The monoisotopic (exact) mass is 280 g/mol. The van der Waals surface area contributed by atoms with Crippen LogP contribution in [0.3, 0.4) is 0 Å². The van der Waals surface area contributed by atoms with E-state index in [4.69, 9.17) is 5.26 Å². The molecule has 1 saturated heterocycles. The van der Waals surface area contributed by atoms with Gasteiger partial charge in [-0.3, -0.25) is 0 Å². The van der Waals surface area contributed by atoms with Crippen molar-refractivity contribution in [3.63, 3.8) is 0 Å². The zero-order valence-electron chi connectivity index (χ0n) is 10.7. The molecule has 0 amide bonds. The van der Waals surface area contributed by atoms with Gasteiger partial charge in [0.2, 0.25) is 10.0 Å². The Morgan fingerprint density at radius 2 is 2.32 bits per heavy atom. The molecular formula is C12H16N4O2S. The van der Waals surface area contributed by atoms with E-state index in [9.17, 15) is 8.42 Å². The second-order valence-electron chi connectivity index (χ2n) is 4.67. The molecule has 1 aromatic heterocycles. The molecule has 0 saturated carbocycles. The molecule has 0 spiro atoms. The second kappa shape index (κ2) is 5.55. The molecule has 0 radical (unpaired) electrons. The largest absolute Gasteiger partial charge is 0.355 e. The van der Waals surface area contributed by atoms with E-state index >= 15 is 0 Å². The van der Waals surface area contributed by atoms with Crippen molar-refractivity contribution in [1.29, 1.82) is 5.26 Å². The molecule has 0 bridgehead atoms. The first-order valence-electron chi connectivity index (χ1n) is 6.07. The van der Waals surface area contributed by atoms with Gasteiger partial charge in [0.15, 0.2) is 0 Å². The first-order chi connectivity index (χ1) is 8.98. The minimum absolute atomic E-state index is 0.101. The number of aromatic nitrogens is 1. The molecule has 2 rings (SSSR count). The average molecular weight is 280 g/mol. The standard InChI is InChI=1S/C12H16N4O2S/c1-19(17,18)15-11-5-3-7-16(9-11)12-6-2-4-10(8-13)14-12/h2,4,6,11,15H,3,5,7,9H2,1H3. The van der Waals surface area contributed by atoms with Crippen LogP contribution >= 0.6 is 0 Å². The highest BCUT2D eigenvalue weighted by atomic mass is 32.2. The lowest BCUT2D eigenvalue weighted by Crippen LogP contribution is -2.47. The van der Waals surface area contributed by atoms with Gasteiger partial charge in [0, 0.05) is 19.1 Å². The molecule has 19 heavy (non-hydrogen) atoms. The molecule has 0 aliphatic carbocycles. The van der Waals surface area contributed by atoms with E-state index in [1.807, 2.05) is 17.0 Å². The van der Waals surface area contributed by atoms with Crippen LogP contribution in [0.15, 0.2) is 18.2 Å². The van der Waals surface area contributed by atoms with Gasteiger partial charge in [-0.2, -0.15) is 5.26 Å². The van der Waals surface area contributed by atoms with E-state index in [2.05, 4.69) is 9.71 Å². The number of hydrogen-bond acceptors (Lipinski definition) is 5. The van der Waals surface area contributed by atoms with Gasteiger partial charge in [-0.05, 0) is 25.0 Å². The highest BCUT2D eigenvalue weighted by Crippen LogP contribution is 2.18. The molecule has 1 N–H and O–H groups in total. The molecule has 1 unspecified atom stereocenters. The Kier molecular flexibility index (Phi) is 4.02. The fraction of sp³-hybridized carbons (Fsp3) is 0.500. The summed E-state index contributed by atoms with van der Waals surface area (Å²) in [4.78, 5) is 6.24. The summed E-state index contributed by atoms with van der Waals surface area (Å²) in [6.07, 6.45) is 2.88. The Morgan fingerprint density at radius 1 is 1.53 bits per heavy atom. The third-order valence-corrected chi connectivity index (χ3v) is 3.74. The SMILES string of the molecule is CS(=O)(=O)NC1CCCN(c2cccc(C#N)n2)C1. The lowest BCUT2D eigenvalue weighted by Gasteiger charge is -2.33. The van der Waals surface area contributed by atoms with Gasteiger partial charge in [-0.25, -0.2) is 18.1 Å². The first-order valence-corrected chi connectivity index (χ1v) is 7.96. The number of nitriles is 1. The molecular weight excluding hydrogens is 264 g/mol. The van der Waals surface area contributed by atoms with E-state index in [-0.39, 0.29) is 6.04 Å². The maximum absolute atomic E-state index is 11.3. The second-order valence-corrected chi connectivity index (χ2v) is 6.45. The molecule has 102 valence electrons. The number of sulfonamides is 1. The van der Waals surface area contributed by atoms with Crippen molar-refractivity contribution in [1.82, 2.24) is 9.71 Å².